The van der Waals surface area contributed by atoms with Gasteiger partial charge in [-0.3, -0.25) is 4.79 Å². The number of carbonyl (C=O) groups is 1. The van der Waals surface area contributed by atoms with E-state index < -0.39 is 0 Å². The van der Waals surface area contributed by atoms with E-state index in [4.69, 9.17) is 21.1 Å². The molecule has 2 aromatic rings. The summed E-state index contributed by atoms with van der Waals surface area (Å²) in [6, 6.07) is 11.3. The molecule has 0 unspecified atom stereocenters. The second kappa shape index (κ2) is 8.02. The number of carbonyl (C=O) groups excluding carboxylic acids is 1. The van der Waals surface area contributed by atoms with Crippen LogP contribution in [-0.4, -0.2) is 25.9 Å². The molecule has 1 aliphatic rings. The normalized spacial score (nSPS) is 16.0. The second-order valence-corrected chi connectivity index (χ2v) is 7.37. The van der Waals surface area contributed by atoms with Crippen molar-refractivity contribution in [2.75, 3.05) is 20.0 Å². The average molecular weight is 378 g/mol. The number of rotatable bonds is 5. The summed E-state index contributed by atoms with van der Waals surface area (Å²) in [7, 11) is 3.19. The van der Waals surface area contributed by atoms with Crippen molar-refractivity contribution in [1.29, 1.82) is 0 Å². The predicted molar refractivity (Wildman–Crippen MR) is 101 cm³/mol. The third-order valence-electron chi connectivity index (χ3n) is 4.19. The van der Waals surface area contributed by atoms with Crippen molar-refractivity contribution in [3.05, 3.63) is 52.5 Å². The smallest absolute Gasteiger partial charge is 0.225 e. The highest BCUT2D eigenvalue weighted by Gasteiger charge is 2.23. The number of hydrogen-bond acceptors (Lipinski definition) is 4. The number of methoxy groups -OCH3 is 2. The van der Waals surface area contributed by atoms with Crippen LogP contribution >= 0.6 is 23.4 Å². The molecule has 0 aromatic heterocycles. The molecule has 6 heteroatoms. The number of hydrogen-bond donors (Lipinski definition) is 1. The molecule has 4 nitrogen and oxygen atoms in total. The molecular formula is C19H20ClNO3S. The molecule has 1 atom stereocenters. The number of ether oxygens (including phenoxy) is 2. The van der Waals surface area contributed by atoms with Crippen LogP contribution < -0.4 is 14.8 Å². The van der Waals surface area contributed by atoms with Gasteiger partial charge in [0.15, 0.2) is 0 Å². The van der Waals surface area contributed by atoms with Crippen LogP contribution in [0.5, 0.6) is 11.5 Å². The van der Waals surface area contributed by atoms with Gasteiger partial charge in [-0.05, 0) is 36.2 Å². The summed E-state index contributed by atoms with van der Waals surface area (Å²) in [4.78, 5) is 13.7. The number of halogens is 1. The third kappa shape index (κ3) is 4.22. The summed E-state index contributed by atoms with van der Waals surface area (Å²) in [5, 5.41) is 3.82. The molecule has 0 aliphatic carbocycles. The number of fused-ring (bicyclic) bond motifs is 1. The van der Waals surface area contributed by atoms with E-state index in [1.165, 1.54) is 4.90 Å². The van der Waals surface area contributed by atoms with Gasteiger partial charge in [0.1, 0.15) is 11.5 Å². The largest absolute Gasteiger partial charge is 0.497 e. The Morgan fingerprint density at radius 2 is 2.08 bits per heavy atom. The summed E-state index contributed by atoms with van der Waals surface area (Å²) < 4.78 is 10.6. The number of benzene rings is 2. The van der Waals surface area contributed by atoms with E-state index in [-0.39, 0.29) is 18.4 Å². The van der Waals surface area contributed by atoms with Crippen molar-refractivity contribution in [3.63, 3.8) is 0 Å². The van der Waals surface area contributed by atoms with Crippen molar-refractivity contribution in [2.45, 2.75) is 23.8 Å². The maximum absolute atomic E-state index is 12.6. The first-order valence-electron chi connectivity index (χ1n) is 8.03. The molecule has 3 rings (SSSR count). The fraction of sp³-hybridized carbons (Fsp3) is 0.316. The van der Waals surface area contributed by atoms with Crippen LogP contribution in [0.1, 0.15) is 23.6 Å². The second-order valence-electron chi connectivity index (χ2n) is 5.79. The van der Waals surface area contributed by atoms with Gasteiger partial charge in [-0.15, -0.1) is 11.8 Å². The lowest BCUT2D eigenvalue weighted by atomic mass is 10.0. The summed E-state index contributed by atoms with van der Waals surface area (Å²) in [5.74, 6) is 2.29. The third-order valence-corrected chi connectivity index (χ3v) is 5.55. The van der Waals surface area contributed by atoms with Gasteiger partial charge in [-0.25, -0.2) is 0 Å². The summed E-state index contributed by atoms with van der Waals surface area (Å²) >= 11 is 7.92. The van der Waals surface area contributed by atoms with Crippen LogP contribution in [0.2, 0.25) is 5.02 Å². The maximum Gasteiger partial charge on any atom is 0.225 e. The molecule has 0 saturated heterocycles. The Hall–Kier alpha value is -1.85. The van der Waals surface area contributed by atoms with Gasteiger partial charge < -0.3 is 14.8 Å². The minimum atomic E-state index is -0.0358. The zero-order valence-electron chi connectivity index (χ0n) is 14.2. The quantitative estimate of drug-likeness (QED) is 0.846. The Balaban J connectivity index is 1.73. The molecule has 1 amide bonds. The van der Waals surface area contributed by atoms with E-state index in [1.807, 2.05) is 30.3 Å². The molecular weight excluding hydrogens is 358 g/mol. The molecule has 1 aliphatic heterocycles. The molecule has 1 heterocycles. The van der Waals surface area contributed by atoms with Crippen LogP contribution in [0.25, 0.3) is 0 Å². The van der Waals surface area contributed by atoms with Gasteiger partial charge in [-0.1, -0.05) is 17.7 Å². The van der Waals surface area contributed by atoms with Crippen LogP contribution in [0, 0.1) is 0 Å². The van der Waals surface area contributed by atoms with E-state index in [0.29, 0.717) is 16.5 Å². The summed E-state index contributed by atoms with van der Waals surface area (Å²) in [6.07, 6.45) is 1.15. The Kier molecular flexibility index (Phi) is 5.76. The molecule has 0 spiro atoms. The van der Waals surface area contributed by atoms with Crippen molar-refractivity contribution in [3.8, 4) is 11.5 Å². The van der Waals surface area contributed by atoms with Gasteiger partial charge >= 0.3 is 0 Å². The minimum Gasteiger partial charge on any atom is -0.497 e. The molecule has 0 radical (unpaired) electrons. The number of nitrogens with one attached hydrogen (secondary N) is 1. The first-order valence-corrected chi connectivity index (χ1v) is 9.39. The number of thioether (sulfide) groups is 1. The van der Waals surface area contributed by atoms with E-state index in [0.717, 1.165) is 23.3 Å². The Bertz CT molecular complexity index is 781. The fourth-order valence-electron chi connectivity index (χ4n) is 2.93. The van der Waals surface area contributed by atoms with E-state index >= 15 is 0 Å². The van der Waals surface area contributed by atoms with Gasteiger partial charge in [-0.2, -0.15) is 0 Å². The van der Waals surface area contributed by atoms with Crippen LogP contribution in [0.15, 0.2) is 41.3 Å². The molecule has 0 saturated carbocycles. The first kappa shape index (κ1) is 18.0. The Morgan fingerprint density at radius 1 is 1.24 bits per heavy atom. The van der Waals surface area contributed by atoms with Crippen molar-refractivity contribution < 1.29 is 14.3 Å². The van der Waals surface area contributed by atoms with E-state index in [1.54, 1.807) is 32.0 Å². The van der Waals surface area contributed by atoms with Crippen LogP contribution in [0.3, 0.4) is 0 Å². The van der Waals surface area contributed by atoms with E-state index in [2.05, 4.69) is 5.32 Å². The molecule has 0 bridgehead atoms. The molecule has 0 fully saturated rings. The van der Waals surface area contributed by atoms with E-state index in [9.17, 15) is 4.79 Å². The topological polar surface area (TPSA) is 47.6 Å². The van der Waals surface area contributed by atoms with Gasteiger partial charge in [0.25, 0.3) is 0 Å². The summed E-state index contributed by atoms with van der Waals surface area (Å²) in [6.45, 7) is 0. The molecule has 25 heavy (non-hydrogen) atoms. The van der Waals surface area contributed by atoms with Crippen molar-refractivity contribution in [1.82, 2.24) is 5.32 Å². The van der Waals surface area contributed by atoms with Crippen LogP contribution in [0.4, 0.5) is 0 Å². The standard InChI is InChI=1S/C19H20ClNO3S/c1-23-14-5-3-12(17(11-14)24-2)9-19(22)21-16-7-8-25-18-6-4-13(20)10-15(16)18/h3-6,10-11,16H,7-9H2,1-2H3,(H,21,22)/t16-/m1/s1. The molecule has 2 aromatic carbocycles. The monoisotopic (exact) mass is 377 g/mol. The zero-order valence-corrected chi connectivity index (χ0v) is 15.7. The van der Waals surface area contributed by atoms with Gasteiger partial charge in [0.2, 0.25) is 5.91 Å². The maximum atomic E-state index is 12.6. The van der Waals surface area contributed by atoms with Crippen molar-refractivity contribution >= 4 is 29.3 Å². The summed E-state index contributed by atoms with van der Waals surface area (Å²) in [5.41, 5.74) is 1.93. The average Bonchev–Trinajstić information content (AvgIpc) is 2.62. The highest BCUT2D eigenvalue weighted by Crippen LogP contribution is 2.37. The highest BCUT2D eigenvalue weighted by atomic mass is 35.5. The van der Waals surface area contributed by atoms with Crippen LogP contribution in [-0.2, 0) is 11.2 Å². The highest BCUT2D eigenvalue weighted by molar-refractivity contribution is 7.99. The Labute approximate surface area is 156 Å². The van der Waals surface area contributed by atoms with Gasteiger partial charge in [0.05, 0.1) is 26.7 Å². The Morgan fingerprint density at radius 3 is 2.84 bits per heavy atom. The first-order chi connectivity index (χ1) is 12.1. The number of amides is 1. The lowest BCUT2D eigenvalue weighted by molar-refractivity contribution is -0.121. The lowest BCUT2D eigenvalue weighted by Crippen LogP contribution is -2.31. The predicted octanol–water partition coefficient (Wildman–Crippen LogP) is 4.25. The molecule has 1 N–H and O–H groups in total. The zero-order chi connectivity index (χ0) is 17.8. The SMILES string of the molecule is COc1ccc(CC(=O)N[C@@H]2CCSc3ccc(Cl)cc32)c(OC)c1. The van der Waals surface area contributed by atoms with Gasteiger partial charge in [0, 0.05) is 27.3 Å². The minimum absolute atomic E-state index is 0.00769. The molecule has 132 valence electrons. The lowest BCUT2D eigenvalue weighted by Gasteiger charge is -2.26. The fourth-order valence-corrected chi connectivity index (χ4v) is 4.22. The van der Waals surface area contributed by atoms with Crippen molar-refractivity contribution in [2.24, 2.45) is 0 Å².